The number of nitrogens with zero attached hydrogens (tertiary/aromatic N) is 5. The molecule has 4 aromatic heterocycles. The molecule has 77 heavy (non-hydrogen) atoms. The van der Waals surface area contributed by atoms with E-state index in [0.717, 1.165) is 49.2 Å². The van der Waals surface area contributed by atoms with E-state index in [0.29, 0.717) is 37.8 Å². The molecule has 0 aliphatic rings. The third-order valence-electron chi connectivity index (χ3n) is 14.1. The molecule has 0 amide bonds. The number of pyridine rings is 1. The van der Waals surface area contributed by atoms with Crippen LogP contribution in [0, 0.1) is 3.80 Å². The first-order valence-electron chi connectivity index (χ1n) is 32.4. The van der Waals surface area contributed by atoms with Gasteiger partial charge in [0.15, 0.2) is 0 Å². The molecule has 0 saturated heterocycles. The number of rotatable bonds is 9. The molecule has 7 heteroatoms. The van der Waals surface area contributed by atoms with Crippen LogP contribution < -0.4 is 4.74 Å². The van der Waals surface area contributed by atoms with E-state index in [1.807, 2.05) is 112 Å². The molecule has 0 aliphatic heterocycles. The second-order valence-corrected chi connectivity index (χ2v) is 20.7. The molecule has 10 aromatic carbocycles. The SMILES string of the molecule is [2H]c1c([2H])c([2H])c(-c2cc(Oc3ccc4c5ccccc5n(-c5cc(C(C)(C)C)ccn5)c4c3)cc(-n3[c](=[Pt])n(-c4c(-c5c([2H])c([2H])c([2H])c([2H])c5[2H])cc(-n5c6ccccc6c6ccccc65)cc4-c4c([2H])c([2H])c([2H])c([2H])c4[2H])c4ccccc43)c2)c([2H])c1[2H]. The fraction of sp³-hybridized carbons (Fsp3) is 0.0571. The van der Waals surface area contributed by atoms with Gasteiger partial charge in [-0.2, -0.15) is 0 Å². The van der Waals surface area contributed by atoms with Crippen molar-refractivity contribution >= 4 is 54.6 Å². The van der Waals surface area contributed by atoms with Gasteiger partial charge in [0.1, 0.15) is 0 Å². The molecule has 0 aliphatic carbocycles. The first kappa shape index (κ1) is 33.0. The van der Waals surface area contributed by atoms with Gasteiger partial charge in [-0.3, -0.25) is 0 Å². The summed E-state index contributed by atoms with van der Waals surface area (Å²) < 4.78 is 152. The molecule has 6 nitrogen and oxygen atoms in total. The van der Waals surface area contributed by atoms with Crippen LogP contribution in [0.2, 0.25) is 0 Å². The van der Waals surface area contributed by atoms with Crippen LogP contribution in [-0.2, 0) is 24.8 Å². The molecular formula is C70H51N5OPt. The molecule has 0 unspecified atom stereocenters. The van der Waals surface area contributed by atoms with Gasteiger partial charge in [-0.25, -0.2) is 0 Å². The Balaban J connectivity index is 1.09. The number of benzene rings is 10. The Hall–Kier alpha value is -9.09. The average molecular weight is 1190 g/mol. The van der Waals surface area contributed by atoms with Crippen LogP contribution in [0.1, 0.15) is 46.9 Å². The summed E-state index contributed by atoms with van der Waals surface area (Å²) in [6, 6.07) is 40.1. The second-order valence-electron chi connectivity index (χ2n) is 19.7. The van der Waals surface area contributed by atoms with Crippen molar-refractivity contribution in [1.29, 1.82) is 0 Å². The van der Waals surface area contributed by atoms with Crippen molar-refractivity contribution in [3.8, 4) is 67.8 Å². The summed E-state index contributed by atoms with van der Waals surface area (Å²) in [5.41, 5.74) is 5.43. The number of para-hydroxylation sites is 5. The maximum absolute atomic E-state index is 9.67. The standard InChI is InChI=1S/C70H51N5O.Pt/c1-70(2,3)51-37-38-71-68(41-51)75-64-32-18-15-29-58(64)59-36-35-54(45-67(59)75)76-55-40-50(47-21-7-4-8-22-47)39-52(42-55)72-46-73(66-34-20-19-33-65(66)72)69-60(48-23-9-5-10-24-48)43-53(44-61(69)49-25-11-6-12-26-49)74-62-30-16-13-27-56(62)57-28-14-17-31-63(57)74;/h4-45H,1-3H3;/i4D,5D,6D,7D,8D,9D,10D,11D,12D,21D,22D,23D,24D,25D,26D;. The molecule has 0 fully saturated rings. The van der Waals surface area contributed by atoms with Crippen molar-refractivity contribution < 1.29 is 44.7 Å². The molecule has 0 spiro atoms. The van der Waals surface area contributed by atoms with E-state index >= 15 is 0 Å². The Morgan fingerprint density at radius 3 is 1.48 bits per heavy atom. The molecule has 14 rings (SSSR count). The van der Waals surface area contributed by atoms with Crippen LogP contribution in [-0.4, -0.2) is 23.3 Å². The van der Waals surface area contributed by atoms with Crippen LogP contribution >= 0.6 is 0 Å². The summed E-state index contributed by atoms with van der Waals surface area (Å²) >= 11 is 2.10. The summed E-state index contributed by atoms with van der Waals surface area (Å²) in [6.45, 7) is 6.42. The summed E-state index contributed by atoms with van der Waals surface area (Å²) in [5, 5.41) is 3.64. The number of fused-ring (bicyclic) bond motifs is 7. The number of hydrogen-bond donors (Lipinski definition) is 0. The Labute approximate surface area is 478 Å². The van der Waals surface area contributed by atoms with E-state index in [-0.39, 0.29) is 50.2 Å². The minimum absolute atomic E-state index is 0.0411. The van der Waals surface area contributed by atoms with Gasteiger partial charge in [-0.05, 0) is 17.0 Å². The van der Waals surface area contributed by atoms with Crippen LogP contribution in [0.15, 0.2) is 255 Å². The van der Waals surface area contributed by atoms with Crippen molar-refractivity contribution in [2.45, 2.75) is 26.2 Å². The summed E-state index contributed by atoms with van der Waals surface area (Å²) in [5.74, 6) is 1.27. The second kappa shape index (κ2) is 18.6. The molecule has 0 radical (unpaired) electrons. The first-order chi connectivity index (χ1) is 44.0. The first-order valence-corrected chi connectivity index (χ1v) is 26.0. The minimum atomic E-state index is -0.643. The van der Waals surface area contributed by atoms with Crippen LogP contribution in [0.25, 0.3) is 111 Å². The quantitative estimate of drug-likeness (QED) is 0.145. The van der Waals surface area contributed by atoms with E-state index in [9.17, 15) is 8.22 Å². The van der Waals surface area contributed by atoms with Gasteiger partial charge in [-0.15, -0.1) is 0 Å². The molecule has 0 bridgehead atoms. The van der Waals surface area contributed by atoms with Gasteiger partial charge in [0.2, 0.25) is 0 Å². The Morgan fingerprint density at radius 2 is 0.909 bits per heavy atom. The number of ether oxygens (including phenoxy) is 1. The Kier molecular flexibility index (Phi) is 8.00. The molecule has 372 valence electrons. The van der Waals surface area contributed by atoms with Crippen molar-refractivity contribution in [2.75, 3.05) is 0 Å². The Bertz CT molecular complexity index is 5380. The molecule has 0 atom stereocenters. The molecule has 4 heterocycles. The maximum atomic E-state index is 9.67. The monoisotopic (exact) mass is 1190 g/mol. The third-order valence-corrected chi connectivity index (χ3v) is 15.1. The van der Waals surface area contributed by atoms with E-state index in [1.165, 1.54) is 0 Å². The van der Waals surface area contributed by atoms with Crippen LogP contribution in [0.5, 0.6) is 11.5 Å². The van der Waals surface area contributed by atoms with Gasteiger partial charge in [0.25, 0.3) is 0 Å². The summed E-state index contributed by atoms with van der Waals surface area (Å²) in [4.78, 5) is 4.87. The summed E-state index contributed by atoms with van der Waals surface area (Å²) in [6.07, 6.45) is 1.80. The topological polar surface area (TPSA) is 41.8 Å². The zero-order valence-corrected chi connectivity index (χ0v) is 43.8. The summed E-state index contributed by atoms with van der Waals surface area (Å²) in [7, 11) is 0. The zero-order chi connectivity index (χ0) is 64.8. The predicted octanol–water partition coefficient (Wildman–Crippen LogP) is 18.2. The van der Waals surface area contributed by atoms with Crippen LogP contribution in [0.3, 0.4) is 0 Å². The van der Waals surface area contributed by atoms with Crippen molar-refractivity contribution in [3.05, 3.63) is 264 Å². The number of aromatic nitrogens is 5. The van der Waals surface area contributed by atoms with Gasteiger partial charge in [-0.1, -0.05) is 32.9 Å². The Morgan fingerprint density at radius 1 is 0.416 bits per heavy atom. The number of hydrogen-bond acceptors (Lipinski definition) is 2. The number of imidazole rings is 1. The normalized spacial score (nSPS) is 14.6. The third kappa shape index (κ3) is 7.98. The molecular weight excluding hydrogens is 1120 g/mol. The van der Waals surface area contributed by atoms with E-state index in [2.05, 4.69) is 50.8 Å². The van der Waals surface area contributed by atoms with Gasteiger partial charge in [0.05, 0.1) is 0 Å². The van der Waals surface area contributed by atoms with Gasteiger partial charge in [0, 0.05) is 6.20 Å². The van der Waals surface area contributed by atoms with E-state index in [1.54, 1.807) is 59.3 Å². The van der Waals surface area contributed by atoms with E-state index in [4.69, 9.17) is 22.1 Å². The van der Waals surface area contributed by atoms with Gasteiger partial charge < -0.3 is 0 Å². The fourth-order valence-corrected chi connectivity index (χ4v) is 11.7. The van der Waals surface area contributed by atoms with E-state index < -0.39 is 90.6 Å². The van der Waals surface area contributed by atoms with Crippen molar-refractivity contribution in [3.63, 3.8) is 0 Å². The molecule has 0 N–H and O–H groups in total. The van der Waals surface area contributed by atoms with Crippen LogP contribution in [0.4, 0.5) is 0 Å². The predicted molar refractivity (Wildman–Crippen MR) is 314 cm³/mol. The van der Waals surface area contributed by atoms with Crippen molar-refractivity contribution in [2.24, 2.45) is 0 Å². The van der Waals surface area contributed by atoms with Gasteiger partial charge >= 0.3 is 424 Å². The molecule has 14 aromatic rings. The van der Waals surface area contributed by atoms with Crippen molar-refractivity contribution in [1.82, 2.24) is 23.3 Å². The molecule has 0 saturated carbocycles. The average Bonchev–Trinajstić information content (AvgIpc) is 1.41. The fourth-order valence-electron chi connectivity index (χ4n) is 10.6. The zero-order valence-electron chi connectivity index (χ0n) is 56.5.